The Bertz CT molecular complexity index is 6530. The van der Waals surface area contributed by atoms with Crippen LogP contribution >= 0.6 is 46.4 Å². The first-order valence-electron chi connectivity index (χ1n) is 39.5. The summed E-state index contributed by atoms with van der Waals surface area (Å²) in [5.41, 5.74) is 9.63. The third-order valence-electron chi connectivity index (χ3n) is 21.6. The summed E-state index contributed by atoms with van der Waals surface area (Å²) < 4.78 is 135. The topological polar surface area (TPSA) is 368 Å². The van der Waals surface area contributed by atoms with Crippen molar-refractivity contribution in [1.82, 2.24) is 0 Å². The van der Waals surface area contributed by atoms with Gasteiger partial charge >= 0.3 is 0 Å². The highest BCUT2D eigenvalue weighted by Crippen LogP contribution is 2.46. The number of methoxy groups -OCH3 is 1. The molecule has 4 amide bonds. The van der Waals surface area contributed by atoms with Crippen LogP contribution in [0.2, 0.25) is 20.1 Å². The van der Waals surface area contributed by atoms with Crippen molar-refractivity contribution in [3.63, 3.8) is 0 Å². The summed E-state index contributed by atoms with van der Waals surface area (Å²) in [6.07, 6.45) is 2.87. The molecule has 0 radical (unpaired) electrons. The van der Waals surface area contributed by atoms with Crippen LogP contribution in [0, 0.1) is 26.6 Å². The molecule has 0 aliphatic carbocycles. The standard InChI is InChI=1S/C24H23ClN2O4S.C24H21ClN2O4S.C23H20ClFN2O4S.C23H21ClN2O5S/c1-15-3-4-16(2)22(11-15)31-23-13-18(25)5-10-21(23)17-12-24(28)27(14-17)19-6-8-20(9-7-19)32(26,29)30;1-2-16-3-8-20(9-4-16)31-23-14-18(25)5-12-22(23)17-13-24(28)27(15-17)19-6-10-21(11-7-19)32(26,29)30;1-14-2-4-17(25)12-21(14)31-22-11-16(24)3-9-20(22)15-10-23(28)27(13-15)18-5-7-19(8-6-18)32(26,29)30;1-30-18-3-2-4-19(13-18)31-22-12-16(24)5-10-21(22)15-11-23(27)26(14-15)17-6-8-20(9-7-17)32(25,28)29/h3-11,13,17H,12,14H2,1-2H3,(H2,26,29,30);2-12,14,17H,1,13,15H2,(H2,26,29,30);2-9,11-12,15H,10,13H2,1H3,(H2,26,29,30);2-10,12-13,15H,11,14H2,1H3,(H2,25,28,29)/t2*17-;2*15-/m0000/s1. The van der Waals surface area contributed by atoms with Gasteiger partial charge in [0.15, 0.2) is 0 Å². The number of halogens is 5. The van der Waals surface area contributed by atoms with E-state index in [2.05, 4.69) is 6.58 Å². The van der Waals surface area contributed by atoms with Crippen LogP contribution in [0.15, 0.2) is 281 Å². The van der Waals surface area contributed by atoms with E-state index in [1.54, 1.807) is 148 Å². The van der Waals surface area contributed by atoms with Gasteiger partial charge in [-0.05, 0) is 225 Å². The molecule has 25 nitrogen and oxygen atoms in total. The normalized spacial score (nSPS) is 16.4. The molecule has 0 unspecified atom stereocenters. The Morgan fingerprint density at radius 3 is 0.953 bits per heavy atom. The summed E-state index contributed by atoms with van der Waals surface area (Å²) in [6, 6.07) is 70.1. The Kier molecular flexibility index (Phi) is 29.0. The van der Waals surface area contributed by atoms with E-state index in [-0.39, 0.29) is 79.7 Å². The largest absolute Gasteiger partial charge is 0.497 e. The summed E-state index contributed by atoms with van der Waals surface area (Å²) in [6.45, 7) is 11.2. The fraction of sp³-hybridized carbons (Fsp3) is 0.170. The van der Waals surface area contributed by atoms with Gasteiger partial charge in [0.25, 0.3) is 0 Å². The minimum atomic E-state index is -3.82. The molecule has 12 aromatic rings. The number of hydrogen-bond donors (Lipinski definition) is 4. The SMILES string of the molecule is C=Cc1ccc(Oc2cc(Cl)ccc2[C@H]2CC(=O)N(c3ccc(S(N)(=O)=O)cc3)C2)cc1.COc1cccc(Oc2cc(Cl)ccc2[C@H]2CC(=O)N(c3ccc(S(N)(=O)=O)cc3)C2)c1.Cc1ccc(C)c(Oc2cc(Cl)ccc2[C@H]2CC(=O)N(c3ccc(S(N)(=O)=O)cc3)C2)c1.Cc1ccc(F)cc1Oc1cc(Cl)ccc1[C@H]1CC(=O)N(c2ccc(S(N)(=O)=O)cc2)C1. The number of amides is 4. The van der Waals surface area contributed by atoms with Crippen molar-refractivity contribution in [3.05, 3.63) is 332 Å². The van der Waals surface area contributed by atoms with Crippen molar-refractivity contribution in [3.8, 4) is 51.7 Å². The van der Waals surface area contributed by atoms with E-state index < -0.39 is 45.9 Å². The zero-order valence-corrected chi connectivity index (χ0v) is 75.4. The number of rotatable bonds is 22. The minimum absolute atomic E-state index is 0.000284. The number of nitrogens with two attached hydrogens (primary N) is 4. The van der Waals surface area contributed by atoms with Gasteiger partial charge in [0.2, 0.25) is 63.7 Å². The maximum Gasteiger partial charge on any atom is 0.238 e. The third-order valence-corrected chi connectivity index (χ3v) is 26.3. The van der Waals surface area contributed by atoms with Crippen LogP contribution in [0.4, 0.5) is 27.1 Å². The molecule has 12 aromatic carbocycles. The Morgan fingerprint density at radius 2 is 0.641 bits per heavy atom. The number of carbonyl (C=O) groups excluding carboxylic acids is 4. The average molecular weight is 1890 g/mol. The van der Waals surface area contributed by atoms with Crippen LogP contribution in [-0.2, 0) is 59.3 Å². The first-order chi connectivity index (χ1) is 60.7. The highest BCUT2D eigenvalue weighted by Gasteiger charge is 2.39. The van der Waals surface area contributed by atoms with Gasteiger partial charge in [0.1, 0.15) is 57.6 Å². The molecule has 34 heteroatoms. The second kappa shape index (κ2) is 39.7. The Balaban J connectivity index is 0.000000146. The van der Waals surface area contributed by atoms with Gasteiger partial charge < -0.3 is 43.3 Å². The lowest BCUT2D eigenvalue weighted by molar-refractivity contribution is -0.118. The van der Waals surface area contributed by atoms with Crippen molar-refractivity contribution in [2.45, 2.75) is 89.7 Å². The molecule has 4 aliphatic heterocycles. The smallest absolute Gasteiger partial charge is 0.238 e. The number of anilines is 4. The van der Waals surface area contributed by atoms with E-state index >= 15 is 0 Å². The average Bonchev–Trinajstić information content (AvgIpc) is 1.63. The van der Waals surface area contributed by atoms with Gasteiger partial charge in [-0.15, -0.1) is 0 Å². The quantitative estimate of drug-likeness (QED) is 0.0489. The molecular weight excluding hydrogens is 1800 g/mol. The lowest BCUT2D eigenvalue weighted by Gasteiger charge is -2.19. The van der Waals surface area contributed by atoms with Crippen molar-refractivity contribution in [1.29, 1.82) is 0 Å². The minimum Gasteiger partial charge on any atom is -0.497 e. The maximum absolute atomic E-state index is 13.7. The molecule has 16 rings (SSSR count). The predicted molar refractivity (Wildman–Crippen MR) is 493 cm³/mol. The van der Waals surface area contributed by atoms with Gasteiger partial charge in [0, 0.05) is 153 Å². The molecule has 0 spiro atoms. The molecule has 0 bridgehead atoms. The van der Waals surface area contributed by atoms with E-state index in [1.165, 1.54) is 60.7 Å². The van der Waals surface area contributed by atoms with E-state index in [0.717, 1.165) is 50.3 Å². The van der Waals surface area contributed by atoms with Crippen LogP contribution in [0.5, 0.6) is 51.7 Å². The molecule has 4 heterocycles. The van der Waals surface area contributed by atoms with Gasteiger partial charge in [-0.25, -0.2) is 58.6 Å². The molecule has 128 heavy (non-hydrogen) atoms. The predicted octanol–water partition coefficient (Wildman–Crippen LogP) is 18.9. The molecule has 8 N–H and O–H groups in total. The molecule has 4 atom stereocenters. The number of carbonyl (C=O) groups is 4. The number of sulfonamides is 4. The second-order valence-corrected chi connectivity index (χ2v) is 38.5. The molecule has 0 saturated carbocycles. The van der Waals surface area contributed by atoms with Crippen LogP contribution in [0.3, 0.4) is 0 Å². The Hall–Kier alpha value is -12.0. The number of aryl methyl sites for hydroxylation is 3. The first kappa shape index (κ1) is 93.6. The van der Waals surface area contributed by atoms with Crippen LogP contribution < -0.4 is 63.8 Å². The van der Waals surface area contributed by atoms with E-state index in [0.29, 0.717) is 128 Å². The summed E-state index contributed by atoms with van der Waals surface area (Å²) in [4.78, 5) is 57.5. The van der Waals surface area contributed by atoms with Gasteiger partial charge in [0.05, 0.1) is 26.7 Å². The van der Waals surface area contributed by atoms with Crippen LogP contribution in [-0.4, -0.2) is 90.6 Å². The molecular formula is C94H85Cl4FN8O17S4. The Labute approximate surface area is 760 Å². The van der Waals surface area contributed by atoms with Crippen molar-refractivity contribution in [2.75, 3.05) is 52.9 Å². The fourth-order valence-corrected chi connectivity index (χ4v) is 17.7. The number of ether oxygens (including phenoxy) is 5. The van der Waals surface area contributed by atoms with E-state index in [9.17, 15) is 57.2 Å². The zero-order valence-electron chi connectivity index (χ0n) is 69.1. The van der Waals surface area contributed by atoms with Gasteiger partial charge in [-0.3, -0.25) is 19.2 Å². The zero-order chi connectivity index (χ0) is 91.8. The fourth-order valence-electron chi connectivity index (χ4n) is 15.0. The van der Waals surface area contributed by atoms with Gasteiger partial charge in [-0.1, -0.05) is 120 Å². The van der Waals surface area contributed by atoms with Crippen molar-refractivity contribution < 1.29 is 80.9 Å². The summed E-state index contributed by atoms with van der Waals surface area (Å²) >= 11 is 24.8. The molecule has 4 fully saturated rings. The lowest BCUT2D eigenvalue weighted by Crippen LogP contribution is -2.24. The number of hydrogen-bond acceptors (Lipinski definition) is 17. The second-order valence-electron chi connectivity index (χ2n) is 30.5. The van der Waals surface area contributed by atoms with E-state index in [4.69, 9.17) is 90.6 Å². The number of benzene rings is 12. The monoisotopic (exact) mass is 1880 g/mol. The number of nitrogens with zero attached hydrogens (tertiary/aromatic N) is 4. The summed E-state index contributed by atoms with van der Waals surface area (Å²) in [5.74, 6) is 4.01. The lowest BCUT2D eigenvalue weighted by atomic mass is 9.97. The molecule has 0 aromatic heterocycles. The maximum atomic E-state index is 13.7. The summed E-state index contributed by atoms with van der Waals surface area (Å²) in [5, 5.41) is 22.7. The molecule has 662 valence electrons. The third kappa shape index (κ3) is 23.3. The van der Waals surface area contributed by atoms with Gasteiger partial charge in [-0.2, -0.15) is 0 Å². The van der Waals surface area contributed by atoms with Crippen LogP contribution in [0.1, 0.15) is 93.9 Å². The van der Waals surface area contributed by atoms with Crippen molar-refractivity contribution in [2.24, 2.45) is 20.6 Å². The van der Waals surface area contributed by atoms with E-state index in [1.807, 2.05) is 99.6 Å². The van der Waals surface area contributed by atoms with Crippen LogP contribution in [0.25, 0.3) is 6.08 Å². The molecule has 4 aliphatic rings. The highest BCUT2D eigenvalue weighted by atomic mass is 35.5. The number of primary sulfonamides is 4. The highest BCUT2D eigenvalue weighted by molar-refractivity contribution is 7.90. The first-order valence-corrected chi connectivity index (χ1v) is 47.2. The summed E-state index contributed by atoms with van der Waals surface area (Å²) in [7, 11) is -13.6. The Morgan fingerprint density at radius 1 is 0.344 bits per heavy atom. The van der Waals surface area contributed by atoms with Crippen molar-refractivity contribution >= 4 is 139 Å². The molecule has 4 saturated heterocycles.